The molecule has 3 aromatic rings. The molecule has 188 valence electrons. The maximum atomic E-state index is 13.3. The smallest absolute Gasteiger partial charge is 0.339 e. The number of anilines is 1. The first-order valence-electron chi connectivity index (χ1n) is 12.4. The zero-order valence-corrected chi connectivity index (χ0v) is 21.0. The Balaban J connectivity index is 1.20. The van der Waals surface area contributed by atoms with Gasteiger partial charge in [0.05, 0.1) is 30.6 Å². The van der Waals surface area contributed by atoms with E-state index in [0.717, 1.165) is 42.3 Å². The summed E-state index contributed by atoms with van der Waals surface area (Å²) in [6.07, 6.45) is 4.37. The lowest BCUT2D eigenvalue weighted by atomic mass is 10.1. The van der Waals surface area contributed by atoms with E-state index in [-0.39, 0.29) is 18.0 Å². The average Bonchev–Trinajstić information content (AvgIpc) is 3.34. The fourth-order valence-electron chi connectivity index (χ4n) is 5.16. The van der Waals surface area contributed by atoms with Gasteiger partial charge in [0.1, 0.15) is 5.82 Å². The highest BCUT2D eigenvalue weighted by molar-refractivity contribution is 5.89. The number of carbonyl (C=O) groups is 2. The van der Waals surface area contributed by atoms with Gasteiger partial charge in [0.15, 0.2) is 0 Å². The summed E-state index contributed by atoms with van der Waals surface area (Å²) in [5.41, 5.74) is 3.65. The largest absolute Gasteiger partial charge is 0.465 e. The van der Waals surface area contributed by atoms with Gasteiger partial charge in [-0.1, -0.05) is 18.2 Å². The number of benzene rings is 1. The topological polar surface area (TPSA) is 83.8 Å². The van der Waals surface area contributed by atoms with Crippen LogP contribution in [-0.4, -0.2) is 81.8 Å². The number of esters is 1. The summed E-state index contributed by atoms with van der Waals surface area (Å²) in [4.78, 5) is 35.9. The van der Waals surface area contributed by atoms with Crippen LogP contribution in [0.25, 0.3) is 5.69 Å². The lowest BCUT2D eigenvalue weighted by Gasteiger charge is -2.45. The number of aromatic nitrogens is 3. The average molecular weight is 489 g/mol. The quantitative estimate of drug-likeness (QED) is 0.511. The molecule has 2 atom stereocenters. The van der Waals surface area contributed by atoms with Crippen LogP contribution in [0.1, 0.15) is 35.5 Å². The van der Waals surface area contributed by atoms with E-state index < -0.39 is 5.97 Å². The molecule has 5 rings (SSSR count). The maximum absolute atomic E-state index is 13.3. The van der Waals surface area contributed by atoms with Crippen molar-refractivity contribution >= 4 is 17.7 Å². The van der Waals surface area contributed by atoms with Crippen LogP contribution in [-0.2, 0) is 22.5 Å². The molecule has 9 heteroatoms. The summed E-state index contributed by atoms with van der Waals surface area (Å²) in [6.45, 7) is 7.50. The number of amides is 1. The highest BCUT2D eigenvalue weighted by Gasteiger charge is 2.33. The lowest BCUT2D eigenvalue weighted by Crippen LogP contribution is -2.59. The van der Waals surface area contributed by atoms with Crippen molar-refractivity contribution in [1.82, 2.24) is 24.6 Å². The van der Waals surface area contributed by atoms with Gasteiger partial charge in [0, 0.05) is 62.6 Å². The standard InChI is InChI=1S/C27H32N6O3/c1-19-14-31(25-10-9-21(13-28-25)27(35)36-3)15-20(2)32(19)18-26(34)30-12-11-24-22(16-30)17-33(29-24)23-7-5-4-6-8-23/h4-10,13,17,19-20H,11-12,14-16,18H2,1-3H3. The summed E-state index contributed by atoms with van der Waals surface area (Å²) >= 11 is 0. The third-order valence-electron chi connectivity index (χ3n) is 7.14. The van der Waals surface area contributed by atoms with Gasteiger partial charge >= 0.3 is 5.97 Å². The minimum absolute atomic E-state index is 0.154. The SMILES string of the molecule is COC(=O)c1ccc(N2CC(C)N(CC(=O)N3CCc4nn(-c5ccccc5)cc4C3)C(C)C2)nc1. The van der Waals surface area contributed by atoms with Gasteiger partial charge in [0.25, 0.3) is 0 Å². The third kappa shape index (κ3) is 4.83. The van der Waals surface area contributed by atoms with Crippen LogP contribution in [0.4, 0.5) is 5.82 Å². The van der Waals surface area contributed by atoms with Crippen molar-refractivity contribution in [2.75, 3.05) is 38.2 Å². The predicted octanol–water partition coefficient (Wildman–Crippen LogP) is 2.54. The Labute approximate surface area is 211 Å². The second-order valence-corrected chi connectivity index (χ2v) is 9.62. The number of ether oxygens (including phenoxy) is 1. The second-order valence-electron chi connectivity index (χ2n) is 9.62. The number of nitrogens with zero attached hydrogens (tertiary/aromatic N) is 6. The van der Waals surface area contributed by atoms with E-state index in [4.69, 9.17) is 9.84 Å². The van der Waals surface area contributed by atoms with E-state index in [2.05, 4.69) is 28.6 Å². The normalized spacial score (nSPS) is 20.2. The van der Waals surface area contributed by atoms with Crippen LogP contribution in [0.5, 0.6) is 0 Å². The summed E-state index contributed by atoms with van der Waals surface area (Å²) in [5, 5.41) is 4.74. The monoisotopic (exact) mass is 488 g/mol. The second kappa shape index (κ2) is 10.1. The van der Waals surface area contributed by atoms with Gasteiger partial charge in [0.2, 0.25) is 5.91 Å². The Morgan fingerprint density at radius 2 is 1.81 bits per heavy atom. The van der Waals surface area contributed by atoms with Crippen molar-refractivity contribution < 1.29 is 14.3 Å². The van der Waals surface area contributed by atoms with Crippen LogP contribution >= 0.6 is 0 Å². The molecule has 2 aliphatic rings. The van der Waals surface area contributed by atoms with E-state index in [1.807, 2.05) is 52.2 Å². The molecule has 1 fully saturated rings. The van der Waals surface area contributed by atoms with E-state index in [0.29, 0.717) is 25.2 Å². The number of para-hydroxylation sites is 1. The third-order valence-corrected chi connectivity index (χ3v) is 7.14. The van der Waals surface area contributed by atoms with Crippen molar-refractivity contribution in [3.63, 3.8) is 0 Å². The Morgan fingerprint density at radius 3 is 2.47 bits per heavy atom. The number of piperazine rings is 1. The molecule has 1 saturated heterocycles. The number of hydrogen-bond acceptors (Lipinski definition) is 7. The van der Waals surface area contributed by atoms with Gasteiger partial charge in [-0.2, -0.15) is 5.10 Å². The number of carbonyl (C=O) groups excluding carboxylic acids is 2. The minimum Gasteiger partial charge on any atom is -0.465 e. The Hall–Kier alpha value is -3.72. The van der Waals surface area contributed by atoms with E-state index in [1.165, 1.54) is 7.11 Å². The minimum atomic E-state index is -0.392. The maximum Gasteiger partial charge on any atom is 0.339 e. The predicted molar refractivity (Wildman–Crippen MR) is 136 cm³/mol. The van der Waals surface area contributed by atoms with Gasteiger partial charge in [-0.15, -0.1) is 0 Å². The summed E-state index contributed by atoms with van der Waals surface area (Å²) in [6, 6.07) is 14.0. The number of fused-ring (bicyclic) bond motifs is 1. The zero-order valence-electron chi connectivity index (χ0n) is 21.0. The summed E-state index contributed by atoms with van der Waals surface area (Å²) < 4.78 is 6.67. The molecule has 2 aliphatic heterocycles. The Bertz CT molecular complexity index is 1210. The molecule has 0 aliphatic carbocycles. The first-order chi connectivity index (χ1) is 17.4. The van der Waals surface area contributed by atoms with Crippen molar-refractivity contribution in [3.05, 3.63) is 71.7 Å². The van der Waals surface area contributed by atoms with E-state index in [1.54, 1.807) is 12.3 Å². The number of methoxy groups -OCH3 is 1. The van der Waals surface area contributed by atoms with Crippen molar-refractivity contribution in [2.24, 2.45) is 0 Å². The lowest BCUT2D eigenvalue weighted by molar-refractivity contribution is -0.134. The van der Waals surface area contributed by atoms with Crippen LogP contribution < -0.4 is 4.90 Å². The van der Waals surface area contributed by atoms with Gasteiger partial charge in [-0.25, -0.2) is 14.5 Å². The highest BCUT2D eigenvalue weighted by Crippen LogP contribution is 2.23. The number of hydrogen-bond donors (Lipinski definition) is 0. The van der Waals surface area contributed by atoms with Crippen LogP contribution in [0.3, 0.4) is 0 Å². The van der Waals surface area contributed by atoms with Crippen LogP contribution in [0, 0.1) is 0 Å². The van der Waals surface area contributed by atoms with E-state index >= 15 is 0 Å². The van der Waals surface area contributed by atoms with Gasteiger partial charge in [-0.05, 0) is 38.1 Å². The Kier molecular flexibility index (Phi) is 6.73. The molecule has 2 unspecified atom stereocenters. The molecule has 0 bridgehead atoms. The molecule has 1 aromatic carbocycles. The molecule has 4 heterocycles. The molecule has 1 amide bonds. The molecular formula is C27H32N6O3. The molecule has 0 saturated carbocycles. The fraction of sp³-hybridized carbons (Fsp3) is 0.407. The number of rotatable bonds is 5. The van der Waals surface area contributed by atoms with Crippen molar-refractivity contribution in [3.8, 4) is 5.69 Å². The van der Waals surface area contributed by atoms with Crippen molar-refractivity contribution in [1.29, 1.82) is 0 Å². The Morgan fingerprint density at radius 1 is 1.06 bits per heavy atom. The highest BCUT2D eigenvalue weighted by atomic mass is 16.5. The fourth-order valence-corrected chi connectivity index (χ4v) is 5.16. The van der Waals surface area contributed by atoms with Crippen LogP contribution in [0.2, 0.25) is 0 Å². The first kappa shape index (κ1) is 24.0. The number of pyridine rings is 1. The molecule has 0 spiro atoms. The summed E-state index contributed by atoms with van der Waals surface area (Å²) in [5.74, 6) is 0.587. The first-order valence-corrected chi connectivity index (χ1v) is 12.4. The van der Waals surface area contributed by atoms with Gasteiger partial charge in [-0.3, -0.25) is 9.69 Å². The van der Waals surface area contributed by atoms with Crippen LogP contribution in [0.15, 0.2) is 54.9 Å². The van der Waals surface area contributed by atoms with Gasteiger partial charge < -0.3 is 14.5 Å². The molecule has 0 radical (unpaired) electrons. The zero-order chi connectivity index (χ0) is 25.2. The molecule has 2 aromatic heterocycles. The molecule has 9 nitrogen and oxygen atoms in total. The summed E-state index contributed by atoms with van der Waals surface area (Å²) in [7, 11) is 1.36. The van der Waals surface area contributed by atoms with E-state index in [9.17, 15) is 9.59 Å². The van der Waals surface area contributed by atoms with Crippen molar-refractivity contribution in [2.45, 2.75) is 38.9 Å². The molecular weight excluding hydrogens is 456 g/mol. The molecule has 36 heavy (non-hydrogen) atoms. The molecule has 0 N–H and O–H groups in total.